The second kappa shape index (κ2) is 9.07. The molecule has 1 amide bonds. The van der Waals surface area contributed by atoms with E-state index in [1.165, 1.54) is 0 Å². The summed E-state index contributed by atoms with van der Waals surface area (Å²) in [6.07, 6.45) is -0.789. The Morgan fingerprint density at radius 3 is 2.15 bits per heavy atom. The first-order valence-electron chi connectivity index (χ1n) is 8.43. The lowest BCUT2D eigenvalue weighted by Crippen LogP contribution is -2.25. The van der Waals surface area contributed by atoms with Gasteiger partial charge in [-0.2, -0.15) is 5.26 Å². The number of carbonyl (C=O) groups is 1. The fourth-order valence-electron chi connectivity index (χ4n) is 2.49. The van der Waals surface area contributed by atoms with Gasteiger partial charge in [-0.1, -0.05) is 48.5 Å². The van der Waals surface area contributed by atoms with Crippen molar-refractivity contribution < 1.29 is 14.3 Å². The van der Waals surface area contributed by atoms with Crippen LogP contribution in [0.3, 0.4) is 0 Å². The number of amides is 1. The first kappa shape index (κ1) is 18.0. The molecule has 0 aliphatic rings. The van der Waals surface area contributed by atoms with Crippen molar-refractivity contribution in [1.82, 2.24) is 0 Å². The molecule has 0 aromatic heterocycles. The number of hydrogen-bond acceptors (Lipinski definition) is 4. The van der Waals surface area contributed by atoms with Crippen LogP contribution in [0.1, 0.15) is 11.7 Å². The monoisotopic (exact) mass is 358 g/mol. The second-order valence-corrected chi connectivity index (χ2v) is 5.68. The number of nitrogens with zero attached hydrogens (tertiary/aromatic N) is 1. The molecule has 0 saturated heterocycles. The zero-order chi connectivity index (χ0) is 18.9. The summed E-state index contributed by atoms with van der Waals surface area (Å²) in [5.74, 6) is 0.896. The van der Waals surface area contributed by atoms with Crippen LogP contribution in [0.5, 0.6) is 11.5 Å². The van der Waals surface area contributed by atoms with Crippen molar-refractivity contribution in [2.24, 2.45) is 0 Å². The highest BCUT2D eigenvalue weighted by atomic mass is 16.5. The number of nitriles is 1. The highest BCUT2D eigenvalue weighted by Gasteiger charge is 2.22. The standard InChI is InChI=1S/C22H18N2O3/c23-15-16-26-19-13-11-18(12-14-19)24-22(25)21(17-7-3-1-4-8-17)27-20-9-5-2-6-10-20/h1-14,21H,16H2,(H,24,25). The molecule has 5 heteroatoms. The smallest absolute Gasteiger partial charge is 0.270 e. The Bertz CT molecular complexity index is 904. The van der Waals surface area contributed by atoms with E-state index in [-0.39, 0.29) is 12.5 Å². The summed E-state index contributed by atoms with van der Waals surface area (Å²) in [5, 5.41) is 11.4. The molecule has 0 fully saturated rings. The van der Waals surface area contributed by atoms with Crippen LogP contribution in [0.15, 0.2) is 84.9 Å². The minimum absolute atomic E-state index is 0.0211. The Morgan fingerprint density at radius 1 is 0.889 bits per heavy atom. The number of nitrogens with one attached hydrogen (secondary N) is 1. The fraction of sp³-hybridized carbons (Fsp3) is 0.0909. The van der Waals surface area contributed by atoms with Crippen molar-refractivity contribution in [2.75, 3.05) is 11.9 Å². The van der Waals surface area contributed by atoms with Gasteiger partial charge in [0, 0.05) is 11.3 Å². The van der Waals surface area contributed by atoms with Crippen molar-refractivity contribution >= 4 is 11.6 Å². The van der Waals surface area contributed by atoms with Gasteiger partial charge in [0.2, 0.25) is 6.10 Å². The van der Waals surface area contributed by atoms with Crippen LogP contribution in [-0.2, 0) is 4.79 Å². The van der Waals surface area contributed by atoms with Gasteiger partial charge in [-0.15, -0.1) is 0 Å². The summed E-state index contributed by atoms with van der Waals surface area (Å²) in [6, 6.07) is 27.3. The zero-order valence-corrected chi connectivity index (χ0v) is 14.5. The minimum atomic E-state index is -0.789. The Hall–Kier alpha value is -3.78. The number of benzene rings is 3. The van der Waals surface area contributed by atoms with Gasteiger partial charge in [0.05, 0.1) is 0 Å². The van der Waals surface area contributed by atoms with Crippen molar-refractivity contribution in [1.29, 1.82) is 5.26 Å². The Kier molecular flexibility index (Phi) is 6.05. The van der Waals surface area contributed by atoms with Gasteiger partial charge in [0.15, 0.2) is 6.61 Å². The Labute approximate surface area is 157 Å². The van der Waals surface area contributed by atoms with Crippen molar-refractivity contribution in [3.8, 4) is 17.6 Å². The van der Waals surface area contributed by atoms with E-state index in [1.54, 1.807) is 24.3 Å². The normalized spacial score (nSPS) is 11.1. The number of hydrogen-bond donors (Lipinski definition) is 1. The second-order valence-electron chi connectivity index (χ2n) is 5.68. The molecule has 1 unspecified atom stereocenters. The van der Waals surface area contributed by atoms with Crippen LogP contribution in [-0.4, -0.2) is 12.5 Å². The van der Waals surface area contributed by atoms with Crippen LogP contribution < -0.4 is 14.8 Å². The van der Waals surface area contributed by atoms with E-state index in [2.05, 4.69) is 5.32 Å². The first-order valence-corrected chi connectivity index (χ1v) is 8.43. The summed E-state index contributed by atoms with van der Waals surface area (Å²) < 4.78 is 11.2. The van der Waals surface area contributed by atoms with E-state index < -0.39 is 6.10 Å². The lowest BCUT2D eigenvalue weighted by atomic mass is 10.1. The molecule has 1 N–H and O–H groups in total. The number of rotatable bonds is 7. The Morgan fingerprint density at radius 2 is 1.52 bits per heavy atom. The summed E-state index contributed by atoms with van der Waals surface area (Å²) in [6.45, 7) is -0.0211. The van der Waals surface area contributed by atoms with Crippen LogP contribution in [0, 0.1) is 11.3 Å². The molecule has 0 spiro atoms. The summed E-state index contributed by atoms with van der Waals surface area (Å²) in [5.41, 5.74) is 1.37. The Balaban J connectivity index is 1.75. The molecular weight excluding hydrogens is 340 g/mol. The van der Waals surface area contributed by atoms with Gasteiger partial charge < -0.3 is 14.8 Å². The average molecular weight is 358 g/mol. The van der Waals surface area contributed by atoms with Crippen molar-refractivity contribution in [2.45, 2.75) is 6.10 Å². The maximum atomic E-state index is 12.9. The number of ether oxygens (including phenoxy) is 2. The third-order valence-electron chi connectivity index (χ3n) is 3.76. The third-order valence-corrected chi connectivity index (χ3v) is 3.76. The van der Waals surface area contributed by atoms with E-state index >= 15 is 0 Å². The summed E-state index contributed by atoms with van der Waals surface area (Å²) >= 11 is 0. The molecule has 3 aromatic rings. The molecule has 3 aromatic carbocycles. The molecule has 0 aliphatic carbocycles. The van der Waals surface area contributed by atoms with Gasteiger partial charge in [-0.3, -0.25) is 4.79 Å². The third kappa shape index (κ3) is 5.10. The molecule has 0 radical (unpaired) electrons. The van der Waals surface area contributed by atoms with Gasteiger partial charge in [0.1, 0.15) is 17.6 Å². The highest BCUT2D eigenvalue weighted by Crippen LogP contribution is 2.24. The van der Waals surface area contributed by atoms with Gasteiger partial charge in [-0.25, -0.2) is 0 Å². The van der Waals surface area contributed by atoms with E-state index in [0.717, 1.165) is 5.56 Å². The molecule has 0 heterocycles. The summed E-state index contributed by atoms with van der Waals surface area (Å²) in [4.78, 5) is 12.9. The fourth-order valence-corrected chi connectivity index (χ4v) is 2.49. The molecular formula is C22H18N2O3. The van der Waals surface area contributed by atoms with E-state index in [1.807, 2.05) is 66.7 Å². The van der Waals surface area contributed by atoms with Crippen LogP contribution in [0.4, 0.5) is 5.69 Å². The van der Waals surface area contributed by atoms with E-state index in [4.69, 9.17) is 14.7 Å². The van der Waals surface area contributed by atoms with Crippen LogP contribution in [0.25, 0.3) is 0 Å². The van der Waals surface area contributed by atoms with E-state index in [0.29, 0.717) is 17.2 Å². The summed E-state index contributed by atoms with van der Waals surface area (Å²) in [7, 11) is 0. The van der Waals surface area contributed by atoms with Crippen LogP contribution in [0.2, 0.25) is 0 Å². The molecule has 0 saturated carbocycles. The molecule has 0 bridgehead atoms. The highest BCUT2D eigenvalue weighted by molar-refractivity contribution is 5.95. The molecule has 1 atom stereocenters. The lowest BCUT2D eigenvalue weighted by molar-refractivity contribution is -0.123. The zero-order valence-electron chi connectivity index (χ0n) is 14.5. The minimum Gasteiger partial charge on any atom is -0.479 e. The predicted molar refractivity (Wildman–Crippen MR) is 102 cm³/mol. The molecule has 0 aliphatic heterocycles. The lowest BCUT2D eigenvalue weighted by Gasteiger charge is -2.19. The van der Waals surface area contributed by atoms with Gasteiger partial charge in [-0.05, 0) is 36.4 Å². The number of para-hydroxylation sites is 1. The van der Waals surface area contributed by atoms with Crippen molar-refractivity contribution in [3.63, 3.8) is 0 Å². The van der Waals surface area contributed by atoms with Gasteiger partial charge in [0.25, 0.3) is 5.91 Å². The predicted octanol–water partition coefficient (Wildman–Crippen LogP) is 4.35. The quantitative estimate of drug-likeness (QED) is 0.682. The maximum Gasteiger partial charge on any atom is 0.270 e. The molecule has 134 valence electrons. The molecule has 5 nitrogen and oxygen atoms in total. The molecule has 27 heavy (non-hydrogen) atoms. The SMILES string of the molecule is N#CCOc1ccc(NC(=O)C(Oc2ccccc2)c2ccccc2)cc1. The molecule has 3 rings (SSSR count). The average Bonchev–Trinajstić information content (AvgIpc) is 2.73. The first-order chi connectivity index (χ1) is 13.3. The number of carbonyl (C=O) groups excluding carboxylic acids is 1. The van der Waals surface area contributed by atoms with Gasteiger partial charge >= 0.3 is 0 Å². The van der Waals surface area contributed by atoms with Crippen LogP contribution >= 0.6 is 0 Å². The topological polar surface area (TPSA) is 71.3 Å². The number of anilines is 1. The maximum absolute atomic E-state index is 12.9. The van der Waals surface area contributed by atoms with Crippen molar-refractivity contribution in [3.05, 3.63) is 90.5 Å². The van der Waals surface area contributed by atoms with E-state index in [9.17, 15) is 4.79 Å². The largest absolute Gasteiger partial charge is 0.479 e.